The summed E-state index contributed by atoms with van der Waals surface area (Å²) in [5.41, 5.74) is 3.54. The molecule has 35 heavy (non-hydrogen) atoms. The normalized spacial score (nSPS) is 11.4. The Morgan fingerprint density at radius 2 is 1.60 bits per heavy atom. The van der Waals surface area contributed by atoms with Gasteiger partial charge in [0, 0.05) is 11.8 Å². The number of rotatable bonds is 7. The molecule has 0 saturated carbocycles. The van der Waals surface area contributed by atoms with Gasteiger partial charge in [-0.3, -0.25) is 4.40 Å². The minimum absolute atomic E-state index is 0.334. The first kappa shape index (κ1) is 20.7. The molecule has 0 bridgehead atoms. The van der Waals surface area contributed by atoms with Crippen LogP contribution in [-0.2, 0) is 11.4 Å². The van der Waals surface area contributed by atoms with Crippen LogP contribution in [0.25, 0.3) is 27.9 Å². The van der Waals surface area contributed by atoms with Crippen LogP contribution < -0.4 is 4.74 Å². The third-order valence-electron chi connectivity index (χ3n) is 5.70. The zero-order chi connectivity index (χ0) is 23.5. The Bertz CT molecular complexity index is 1620. The molecule has 0 radical (unpaired) electrons. The van der Waals surface area contributed by atoms with E-state index in [0.717, 1.165) is 39.4 Å². The van der Waals surface area contributed by atoms with Gasteiger partial charge in [-0.1, -0.05) is 71.9 Å². The first-order valence-corrected chi connectivity index (χ1v) is 11.3. The van der Waals surface area contributed by atoms with Gasteiger partial charge < -0.3 is 14.0 Å². The fourth-order valence-corrected chi connectivity index (χ4v) is 3.95. The molecule has 0 saturated heterocycles. The topological polar surface area (TPSA) is 61.3 Å². The lowest BCUT2D eigenvalue weighted by Crippen LogP contribution is -1.94. The van der Waals surface area contributed by atoms with Crippen molar-refractivity contribution in [1.82, 2.24) is 9.38 Å². The molecule has 6 nitrogen and oxygen atoms in total. The number of hydrogen-bond donors (Lipinski definition) is 0. The molecule has 0 spiro atoms. The predicted octanol–water partition coefficient (Wildman–Crippen LogP) is 7.09. The van der Waals surface area contributed by atoms with Gasteiger partial charge in [-0.2, -0.15) is 4.98 Å². The number of oxime groups is 1. The van der Waals surface area contributed by atoms with Crippen molar-refractivity contribution < 1.29 is 14.0 Å². The minimum atomic E-state index is 0.334. The van der Waals surface area contributed by atoms with Gasteiger partial charge in [0.15, 0.2) is 0 Å². The van der Waals surface area contributed by atoms with E-state index in [4.69, 9.17) is 14.0 Å². The molecular weight excluding hydrogens is 438 g/mol. The van der Waals surface area contributed by atoms with Crippen LogP contribution in [0.15, 0.2) is 119 Å². The van der Waals surface area contributed by atoms with Crippen LogP contribution in [0.1, 0.15) is 11.3 Å². The third-order valence-corrected chi connectivity index (χ3v) is 5.70. The Balaban J connectivity index is 1.18. The van der Waals surface area contributed by atoms with Crippen LogP contribution in [-0.4, -0.2) is 15.6 Å². The number of benzene rings is 4. The van der Waals surface area contributed by atoms with Gasteiger partial charge in [-0.25, -0.2) is 0 Å². The van der Waals surface area contributed by atoms with Crippen molar-refractivity contribution in [3.8, 4) is 22.8 Å². The standard InChI is InChI=1S/C29H21N3O3/c1-2-8-25(9-3-1)35-26-14-10-21(11-15-26)20-34-30-19-27-28(31-29-32(27)16-17-33-29)24-13-12-22-6-4-5-7-23(22)18-24/h1-19H,20H2/b30-19+. The van der Waals surface area contributed by atoms with Gasteiger partial charge in [0.25, 0.3) is 0 Å². The van der Waals surface area contributed by atoms with E-state index < -0.39 is 0 Å². The predicted molar refractivity (Wildman–Crippen MR) is 136 cm³/mol. The van der Waals surface area contributed by atoms with Crippen molar-refractivity contribution in [3.63, 3.8) is 0 Å². The number of oxazole rings is 1. The molecule has 0 atom stereocenters. The van der Waals surface area contributed by atoms with Crippen LogP contribution in [0.2, 0.25) is 0 Å². The summed E-state index contributed by atoms with van der Waals surface area (Å²) in [6.45, 7) is 0.334. The van der Waals surface area contributed by atoms with Gasteiger partial charge >= 0.3 is 5.84 Å². The first-order chi connectivity index (χ1) is 17.3. The lowest BCUT2D eigenvalue weighted by atomic mass is 10.0. The highest BCUT2D eigenvalue weighted by Gasteiger charge is 2.15. The van der Waals surface area contributed by atoms with Crippen LogP contribution in [0.4, 0.5) is 0 Å². The van der Waals surface area contributed by atoms with E-state index in [1.807, 2.05) is 77.3 Å². The Morgan fingerprint density at radius 3 is 2.46 bits per heavy atom. The molecule has 0 aliphatic rings. The van der Waals surface area contributed by atoms with Gasteiger partial charge in [-0.15, -0.1) is 0 Å². The molecule has 2 heterocycles. The monoisotopic (exact) mass is 459 g/mol. The second-order valence-electron chi connectivity index (χ2n) is 8.03. The van der Waals surface area contributed by atoms with Crippen LogP contribution in [0.3, 0.4) is 0 Å². The molecule has 0 unspecified atom stereocenters. The maximum Gasteiger partial charge on any atom is 0.306 e. The fraction of sp³-hybridized carbons (Fsp3) is 0.0345. The SMILES string of the molecule is C(=N\OCc1ccc(Oc2ccccc2)cc1)/c1c(-c2ccc3ccccc3c2)nc2occn12. The van der Waals surface area contributed by atoms with Gasteiger partial charge in [0.1, 0.15) is 30.1 Å². The van der Waals surface area contributed by atoms with Crippen molar-refractivity contribution in [2.75, 3.05) is 0 Å². The number of nitrogens with zero attached hydrogens (tertiary/aromatic N) is 3. The highest BCUT2D eigenvalue weighted by molar-refractivity contribution is 5.92. The van der Waals surface area contributed by atoms with Crippen molar-refractivity contribution >= 4 is 22.8 Å². The zero-order valence-electron chi connectivity index (χ0n) is 18.7. The molecule has 170 valence electrons. The summed E-state index contributed by atoms with van der Waals surface area (Å²) in [6.07, 6.45) is 5.09. The molecule has 0 amide bonds. The van der Waals surface area contributed by atoms with Crippen molar-refractivity contribution in [1.29, 1.82) is 0 Å². The van der Waals surface area contributed by atoms with Crippen molar-refractivity contribution in [2.24, 2.45) is 5.16 Å². The number of hydrogen-bond acceptors (Lipinski definition) is 5. The molecule has 0 aliphatic carbocycles. The minimum Gasteiger partial charge on any atom is -0.457 e. The van der Waals surface area contributed by atoms with Crippen molar-refractivity contribution in [2.45, 2.75) is 6.61 Å². The van der Waals surface area contributed by atoms with Gasteiger partial charge in [0.2, 0.25) is 0 Å². The average molecular weight is 460 g/mol. The lowest BCUT2D eigenvalue weighted by Gasteiger charge is -2.06. The number of imidazole rings is 1. The summed E-state index contributed by atoms with van der Waals surface area (Å²) in [5, 5.41) is 6.54. The van der Waals surface area contributed by atoms with Crippen LogP contribution >= 0.6 is 0 Å². The molecule has 0 aliphatic heterocycles. The van der Waals surface area contributed by atoms with Crippen molar-refractivity contribution in [3.05, 3.63) is 121 Å². The summed E-state index contributed by atoms with van der Waals surface area (Å²) < 4.78 is 13.2. The van der Waals surface area contributed by atoms with Crippen LogP contribution in [0, 0.1) is 0 Å². The Hall–Kier alpha value is -4.84. The summed E-state index contributed by atoms with van der Waals surface area (Å²) in [6, 6.07) is 32.0. The fourth-order valence-electron chi connectivity index (χ4n) is 3.95. The quantitative estimate of drug-likeness (QED) is 0.189. The Kier molecular flexibility index (Phi) is 5.45. The first-order valence-electron chi connectivity index (χ1n) is 11.3. The summed E-state index contributed by atoms with van der Waals surface area (Å²) in [4.78, 5) is 10.3. The van der Waals surface area contributed by atoms with Gasteiger partial charge in [0.05, 0.1) is 11.9 Å². The maximum atomic E-state index is 5.83. The highest BCUT2D eigenvalue weighted by Crippen LogP contribution is 2.27. The Labute approximate surface area is 201 Å². The van der Waals surface area contributed by atoms with E-state index in [0.29, 0.717) is 12.5 Å². The molecule has 6 aromatic rings. The van der Waals surface area contributed by atoms with Gasteiger partial charge in [-0.05, 0) is 46.7 Å². The summed E-state index contributed by atoms with van der Waals surface area (Å²) in [5.74, 6) is 2.07. The number of fused-ring (bicyclic) bond motifs is 2. The zero-order valence-corrected chi connectivity index (χ0v) is 18.7. The van der Waals surface area contributed by atoms with E-state index in [1.54, 1.807) is 12.5 Å². The number of ether oxygens (including phenoxy) is 1. The van der Waals surface area contributed by atoms with Crippen LogP contribution in [0.5, 0.6) is 11.5 Å². The van der Waals surface area contributed by atoms with E-state index >= 15 is 0 Å². The smallest absolute Gasteiger partial charge is 0.306 e. The molecule has 2 aromatic heterocycles. The molecule has 6 heteroatoms. The summed E-state index contributed by atoms with van der Waals surface area (Å²) >= 11 is 0. The van der Waals surface area contributed by atoms with E-state index in [2.05, 4.69) is 40.5 Å². The van der Waals surface area contributed by atoms with E-state index in [1.165, 1.54) is 5.39 Å². The van der Waals surface area contributed by atoms with E-state index in [-0.39, 0.29) is 0 Å². The Morgan fingerprint density at radius 1 is 0.829 bits per heavy atom. The number of para-hydroxylation sites is 1. The third kappa shape index (κ3) is 4.37. The highest BCUT2D eigenvalue weighted by atomic mass is 16.6. The average Bonchev–Trinajstić information content (AvgIpc) is 3.50. The largest absolute Gasteiger partial charge is 0.457 e. The summed E-state index contributed by atoms with van der Waals surface area (Å²) in [7, 11) is 0. The molecule has 0 fully saturated rings. The number of aromatic nitrogens is 2. The maximum absolute atomic E-state index is 5.83. The molecular formula is C29H21N3O3. The van der Waals surface area contributed by atoms with E-state index in [9.17, 15) is 0 Å². The lowest BCUT2D eigenvalue weighted by molar-refractivity contribution is 0.132. The second-order valence-corrected chi connectivity index (χ2v) is 8.03. The molecule has 0 N–H and O–H groups in total. The molecule has 6 rings (SSSR count). The molecule has 4 aromatic carbocycles. The second kappa shape index (κ2) is 9.19.